The van der Waals surface area contributed by atoms with E-state index in [9.17, 15) is 0 Å². The van der Waals surface area contributed by atoms with Crippen LogP contribution in [0.5, 0.6) is 0 Å². The van der Waals surface area contributed by atoms with E-state index in [1.165, 1.54) is 42.5 Å². The molecule has 2 heterocycles. The number of aryl methyl sites for hydroxylation is 2. The summed E-state index contributed by atoms with van der Waals surface area (Å²) in [4.78, 5) is 2.65. The van der Waals surface area contributed by atoms with E-state index in [0.29, 0.717) is 5.92 Å². The molecule has 5 heteroatoms. The quantitative estimate of drug-likeness (QED) is 0.744. The number of rotatable bonds is 3. The van der Waals surface area contributed by atoms with Crippen molar-refractivity contribution in [3.63, 3.8) is 0 Å². The average Bonchev–Trinajstić information content (AvgIpc) is 3.40. The molecule has 27 heavy (non-hydrogen) atoms. The zero-order valence-electron chi connectivity index (χ0n) is 16.5. The maximum Gasteiger partial charge on any atom is 0.148 e. The monoisotopic (exact) mass is 366 g/mol. The van der Waals surface area contributed by atoms with Crippen molar-refractivity contribution >= 4 is 5.69 Å². The number of ether oxygens (including phenoxy) is 1. The number of hydrogen-bond donors (Lipinski definition) is 0. The highest BCUT2D eigenvalue weighted by atomic mass is 16.5. The smallest absolute Gasteiger partial charge is 0.148 e. The zero-order chi connectivity index (χ0) is 18.4. The van der Waals surface area contributed by atoms with Gasteiger partial charge in [0.1, 0.15) is 11.7 Å². The Kier molecular flexibility index (Phi) is 4.32. The normalized spacial score (nSPS) is 33.6. The lowest BCUT2D eigenvalue weighted by atomic mass is 9.84. The Morgan fingerprint density at radius 3 is 2.70 bits per heavy atom. The molecule has 0 radical (unpaired) electrons. The second-order valence-corrected chi connectivity index (χ2v) is 8.48. The lowest BCUT2D eigenvalue weighted by Gasteiger charge is -2.50. The third kappa shape index (κ3) is 2.59. The van der Waals surface area contributed by atoms with Crippen molar-refractivity contribution in [2.24, 2.45) is 16.3 Å². The molecule has 144 valence electrons. The first kappa shape index (κ1) is 17.4. The highest BCUT2D eigenvalue weighted by Crippen LogP contribution is 2.54. The van der Waals surface area contributed by atoms with Crippen LogP contribution in [0.2, 0.25) is 0 Å². The van der Waals surface area contributed by atoms with E-state index in [2.05, 4.69) is 48.0 Å². The van der Waals surface area contributed by atoms with E-state index in [1.807, 2.05) is 0 Å². The molecule has 0 amide bonds. The minimum absolute atomic E-state index is 0.151. The Morgan fingerprint density at radius 1 is 1.11 bits per heavy atom. The lowest BCUT2D eigenvalue weighted by Crippen LogP contribution is -2.66. The van der Waals surface area contributed by atoms with Crippen molar-refractivity contribution in [2.45, 2.75) is 57.7 Å². The summed E-state index contributed by atoms with van der Waals surface area (Å²) in [5.74, 6) is 0.514. The van der Waals surface area contributed by atoms with Gasteiger partial charge in [0.15, 0.2) is 0 Å². The molecule has 0 bridgehead atoms. The van der Waals surface area contributed by atoms with Gasteiger partial charge in [0.25, 0.3) is 0 Å². The largest absolute Gasteiger partial charge is 0.379 e. The first-order chi connectivity index (χ1) is 13.2. The van der Waals surface area contributed by atoms with Gasteiger partial charge in [-0.05, 0) is 69.2 Å². The van der Waals surface area contributed by atoms with Crippen LogP contribution in [0.1, 0.15) is 43.2 Å². The molecule has 0 N–H and O–H groups in total. The molecule has 2 aliphatic carbocycles. The molecular weight excluding hydrogens is 336 g/mol. The van der Waals surface area contributed by atoms with E-state index in [-0.39, 0.29) is 11.7 Å². The topological polar surface area (TPSA) is 40.4 Å². The third-order valence-electron chi connectivity index (χ3n) is 7.13. The Labute approximate surface area is 162 Å². The zero-order valence-corrected chi connectivity index (χ0v) is 16.5. The minimum Gasteiger partial charge on any atom is -0.379 e. The number of benzene rings is 1. The minimum atomic E-state index is -0.151. The summed E-state index contributed by atoms with van der Waals surface area (Å²) in [6.45, 7) is 7.91. The van der Waals surface area contributed by atoms with Crippen molar-refractivity contribution in [3.8, 4) is 0 Å². The highest BCUT2D eigenvalue weighted by Gasteiger charge is 2.62. The summed E-state index contributed by atoms with van der Waals surface area (Å²) < 4.78 is 5.70. The molecule has 1 saturated heterocycles. The van der Waals surface area contributed by atoms with Crippen molar-refractivity contribution in [1.29, 1.82) is 0 Å². The first-order valence-corrected chi connectivity index (χ1v) is 10.5. The van der Waals surface area contributed by atoms with Crippen LogP contribution in [0.3, 0.4) is 0 Å². The molecule has 0 spiro atoms. The molecule has 1 aromatic rings. The lowest BCUT2D eigenvalue weighted by molar-refractivity contribution is -0.0340. The van der Waals surface area contributed by atoms with E-state index >= 15 is 0 Å². The fourth-order valence-corrected chi connectivity index (χ4v) is 5.67. The summed E-state index contributed by atoms with van der Waals surface area (Å²) in [6, 6.07) is 6.99. The maximum atomic E-state index is 5.70. The summed E-state index contributed by atoms with van der Waals surface area (Å²) in [5.41, 5.74) is 5.32. The molecule has 0 unspecified atom stereocenters. The summed E-state index contributed by atoms with van der Waals surface area (Å²) in [6.07, 6.45) is 8.62. The Bertz CT molecular complexity index is 783. The summed E-state index contributed by atoms with van der Waals surface area (Å²) in [7, 11) is 0. The number of anilines is 1. The van der Waals surface area contributed by atoms with E-state index in [4.69, 9.17) is 15.1 Å². The molecule has 4 aliphatic rings. The van der Waals surface area contributed by atoms with Crippen LogP contribution >= 0.6 is 0 Å². The van der Waals surface area contributed by atoms with Gasteiger partial charge in [-0.15, -0.1) is 0 Å². The average molecular weight is 367 g/mol. The Hall–Kier alpha value is -1.72. The van der Waals surface area contributed by atoms with Crippen LogP contribution in [0, 0.1) is 19.8 Å². The molecule has 3 atom stereocenters. The molecule has 0 aromatic heterocycles. The predicted molar refractivity (Wildman–Crippen MR) is 107 cm³/mol. The second kappa shape index (κ2) is 6.71. The van der Waals surface area contributed by atoms with Crippen LogP contribution in [0.15, 0.2) is 40.2 Å². The number of hydrogen-bond acceptors (Lipinski definition) is 5. The van der Waals surface area contributed by atoms with Gasteiger partial charge >= 0.3 is 0 Å². The molecular formula is C22H30N4O. The number of fused-ring (bicyclic) bond motifs is 1. The Balaban J connectivity index is 1.62. The van der Waals surface area contributed by atoms with Crippen LogP contribution in [0.4, 0.5) is 5.69 Å². The van der Waals surface area contributed by atoms with Crippen LogP contribution in [-0.4, -0.2) is 42.9 Å². The summed E-state index contributed by atoms with van der Waals surface area (Å²) >= 11 is 0. The van der Waals surface area contributed by atoms with Gasteiger partial charge < -0.3 is 4.74 Å². The van der Waals surface area contributed by atoms with Crippen molar-refractivity contribution in [3.05, 3.63) is 41.0 Å². The number of allylic oxidation sites excluding steroid dienone is 1. The van der Waals surface area contributed by atoms with Gasteiger partial charge in [-0.2, -0.15) is 5.11 Å². The van der Waals surface area contributed by atoms with E-state index in [1.54, 1.807) is 5.57 Å². The number of morpholine rings is 1. The predicted octanol–water partition coefficient (Wildman–Crippen LogP) is 4.41. The summed E-state index contributed by atoms with van der Waals surface area (Å²) in [5, 5.41) is 11.9. The van der Waals surface area contributed by atoms with Gasteiger partial charge in [0.2, 0.25) is 0 Å². The van der Waals surface area contributed by atoms with Crippen molar-refractivity contribution < 1.29 is 4.74 Å². The molecule has 5 nitrogen and oxygen atoms in total. The standard InChI is InChI=1S/C22H30N4O/c1-16-7-8-19(15-17(16)2)26-22(25-11-13-27-14-12-25)20(18-5-3-4-6-18)9-10-21(22)23-24-26/h5,7-8,15,20-21H,3-4,6,9-14H2,1-2H3/t20-,21-,22+/m0/s1. The van der Waals surface area contributed by atoms with Gasteiger partial charge in [0, 0.05) is 19.0 Å². The SMILES string of the molecule is Cc1ccc(N2N=N[C@H]3CC[C@@H](C4=CCCC4)[C@]32N2CCOCC2)cc1C. The third-order valence-corrected chi connectivity index (χ3v) is 7.13. The van der Waals surface area contributed by atoms with Crippen LogP contribution < -0.4 is 5.01 Å². The fraction of sp³-hybridized carbons (Fsp3) is 0.636. The second-order valence-electron chi connectivity index (χ2n) is 8.48. The van der Waals surface area contributed by atoms with Gasteiger partial charge in [-0.3, -0.25) is 4.90 Å². The molecule has 1 saturated carbocycles. The number of nitrogens with zero attached hydrogens (tertiary/aromatic N) is 4. The molecule has 2 aliphatic heterocycles. The van der Waals surface area contributed by atoms with Crippen LogP contribution in [-0.2, 0) is 4.74 Å². The maximum absolute atomic E-state index is 5.70. The highest BCUT2D eigenvalue weighted by molar-refractivity contribution is 5.54. The van der Waals surface area contributed by atoms with Crippen molar-refractivity contribution in [2.75, 3.05) is 31.3 Å². The van der Waals surface area contributed by atoms with E-state index < -0.39 is 0 Å². The molecule has 1 aromatic carbocycles. The van der Waals surface area contributed by atoms with Crippen molar-refractivity contribution in [1.82, 2.24) is 4.90 Å². The van der Waals surface area contributed by atoms with E-state index in [0.717, 1.165) is 32.7 Å². The first-order valence-electron chi connectivity index (χ1n) is 10.5. The molecule has 2 fully saturated rings. The van der Waals surface area contributed by atoms with Crippen LogP contribution in [0.25, 0.3) is 0 Å². The van der Waals surface area contributed by atoms with Gasteiger partial charge in [-0.1, -0.05) is 22.9 Å². The van der Waals surface area contributed by atoms with Gasteiger partial charge in [0.05, 0.1) is 18.9 Å². The Morgan fingerprint density at radius 2 is 1.96 bits per heavy atom. The fourth-order valence-electron chi connectivity index (χ4n) is 5.67. The molecule has 5 rings (SSSR count). The van der Waals surface area contributed by atoms with Gasteiger partial charge in [-0.25, -0.2) is 5.01 Å².